The van der Waals surface area contributed by atoms with E-state index in [1.54, 1.807) is 0 Å². The van der Waals surface area contributed by atoms with Gasteiger partial charge in [0.15, 0.2) is 13.2 Å². The Hall–Kier alpha value is -2.14. The molecule has 0 saturated heterocycles. The Balaban J connectivity index is 5.22. The van der Waals surface area contributed by atoms with Crippen LogP contribution in [0.2, 0.25) is 0 Å². The molecule has 0 fully saturated rings. The SMILES string of the molecule is C=C(C)C(=O)OCC(F)(F)OC(F)(F)C(F)(F)OC(F)(F)OC(F)(F)COC(=O)C(C)C. The number of carbonyl (C=O) groups is 2. The summed E-state index contributed by atoms with van der Waals surface area (Å²) >= 11 is 0. The van der Waals surface area contributed by atoms with E-state index in [0.29, 0.717) is 0 Å². The van der Waals surface area contributed by atoms with Gasteiger partial charge < -0.3 is 9.47 Å². The minimum Gasteiger partial charge on any atom is -0.456 e. The van der Waals surface area contributed by atoms with Crippen molar-refractivity contribution in [3.63, 3.8) is 0 Å². The zero-order valence-electron chi connectivity index (χ0n) is 16.3. The fraction of sp³-hybridized carbons (Fsp3) is 0.733. The van der Waals surface area contributed by atoms with Crippen molar-refractivity contribution >= 4 is 11.9 Å². The van der Waals surface area contributed by atoms with Crippen molar-refractivity contribution < 1.29 is 77.2 Å². The maximum atomic E-state index is 13.3. The van der Waals surface area contributed by atoms with Gasteiger partial charge in [-0.25, -0.2) is 19.0 Å². The average molecular weight is 498 g/mol. The molecule has 0 aromatic carbocycles. The summed E-state index contributed by atoms with van der Waals surface area (Å²) in [5.74, 6) is -3.93. The predicted octanol–water partition coefficient (Wildman–Crippen LogP) is 4.28. The zero-order valence-corrected chi connectivity index (χ0v) is 16.3. The molecule has 0 aliphatic rings. The minimum atomic E-state index is -6.69. The molecule has 0 N–H and O–H groups in total. The smallest absolute Gasteiger partial charge is 0.456 e. The number of ether oxygens (including phenoxy) is 5. The van der Waals surface area contributed by atoms with Crippen LogP contribution in [0.5, 0.6) is 0 Å². The molecule has 0 heterocycles. The van der Waals surface area contributed by atoms with Crippen LogP contribution in [-0.4, -0.2) is 55.9 Å². The Bertz CT molecular complexity index is 694. The number of hydrogen-bond acceptors (Lipinski definition) is 7. The van der Waals surface area contributed by atoms with Gasteiger partial charge in [0.25, 0.3) is 0 Å². The van der Waals surface area contributed by atoms with E-state index < -0.39 is 67.4 Å². The van der Waals surface area contributed by atoms with Gasteiger partial charge in [0.1, 0.15) is 0 Å². The molecule has 0 saturated carbocycles. The van der Waals surface area contributed by atoms with Crippen molar-refractivity contribution in [3.8, 4) is 0 Å². The molecule has 0 amide bonds. The second kappa shape index (κ2) is 10.2. The number of hydrogen-bond donors (Lipinski definition) is 0. The highest BCUT2D eigenvalue weighted by atomic mass is 19.3. The molecule has 0 aromatic heterocycles. The highest BCUT2D eigenvalue weighted by molar-refractivity contribution is 5.86. The zero-order chi connectivity index (χ0) is 25.8. The molecule has 0 unspecified atom stereocenters. The van der Waals surface area contributed by atoms with E-state index in [0.717, 1.165) is 20.8 Å². The van der Waals surface area contributed by atoms with Gasteiger partial charge in [-0.1, -0.05) is 20.4 Å². The molecule has 0 aliphatic heterocycles. The highest BCUT2D eigenvalue weighted by Crippen LogP contribution is 2.44. The van der Waals surface area contributed by atoms with Crippen LogP contribution in [0.3, 0.4) is 0 Å². The van der Waals surface area contributed by atoms with Gasteiger partial charge >= 0.3 is 42.7 Å². The lowest BCUT2D eigenvalue weighted by atomic mass is 10.2. The van der Waals surface area contributed by atoms with Crippen LogP contribution >= 0.6 is 0 Å². The molecule has 17 heteroatoms. The Labute approximate surface area is 173 Å². The van der Waals surface area contributed by atoms with Crippen LogP contribution in [0.4, 0.5) is 43.9 Å². The van der Waals surface area contributed by atoms with E-state index in [4.69, 9.17) is 0 Å². The van der Waals surface area contributed by atoms with E-state index in [-0.39, 0.29) is 0 Å². The molecule has 0 radical (unpaired) electrons. The predicted molar refractivity (Wildman–Crippen MR) is 79.6 cm³/mol. The lowest BCUT2D eigenvalue weighted by Gasteiger charge is -2.31. The summed E-state index contributed by atoms with van der Waals surface area (Å²) in [6, 6.07) is 0. The van der Waals surface area contributed by atoms with Crippen molar-refractivity contribution in [2.75, 3.05) is 13.2 Å². The third kappa shape index (κ3) is 9.99. The highest BCUT2D eigenvalue weighted by Gasteiger charge is 2.69. The largest absolute Gasteiger partial charge is 0.495 e. The van der Waals surface area contributed by atoms with Crippen molar-refractivity contribution in [2.24, 2.45) is 5.92 Å². The molecule has 0 atom stereocenters. The van der Waals surface area contributed by atoms with Crippen LogP contribution in [0, 0.1) is 5.92 Å². The number of alkyl halides is 10. The molecular weight excluding hydrogens is 482 g/mol. The molecule has 7 nitrogen and oxygen atoms in total. The first-order valence-corrected chi connectivity index (χ1v) is 8.01. The molecule has 0 aliphatic carbocycles. The maximum Gasteiger partial charge on any atom is 0.495 e. The Morgan fingerprint density at radius 3 is 1.59 bits per heavy atom. The molecular formula is C15H16F10O7. The van der Waals surface area contributed by atoms with Crippen molar-refractivity contribution in [2.45, 2.75) is 51.5 Å². The van der Waals surface area contributed by atoms with Gasteiger partial charge in [-0.15, -0.1) is 8.78 Å². The first kappa shape index (κ1) is 29.9. The van der Waals surface area contributed by atoms with Gasteiger partial charge in [-0.05, 0) is 6.92 Å². The van der Waals surface area contributed by atoms with E-state index in [2.05, 4.69) is 30.3 Å². The first-order valence-electron chi connectivity index (χ1n) is 8.01. The summed E-state index contributed by atoms with van der Waals surface area (Å²) in [5, 5.41) is 0. The second-order valence-electron chi connectivity index (χ2n) is 6.20. The van der Waals surface area contributed by atoms with E-state index >= 15 is 0 Å². The topological polar surface area (TPSA) is 80.3 Å². The van der Waals surface area contributed by atoms with Crippen molar-refractivity contribution in [1.29, 1.82) is 0 Å². The summed E-state index contributed by atoms with van der Waals surface area (Å²) in [6.07, 6.45) is -30.1. The number of rotatable bonds is 13. The Morgan fingerprint density at radius 1 is 0.750 bits per heavy atom. The summed E-state index contributed by atoms with van der Waals surface area (Å²) in [7, 11) is 0. The van der Waals surface area contributed by atoms with Crippen LogP contribution in [-0.2, 0) is 33.3 Å². The van der Waals surface area contributed by atoms with E-state index in [9.17, 15) is 53.5 Å². The normalized spacial score (nSPS) is 13.8. The van der Waals surface area contributed by atoms with Gasteiger partial charge in [-0.2, -0.15) is 35.1 Å². The van der Waals surface area contributed by atoms with Crippen LogP contribution < -0.4 is 0 Å². The van der Waals surface area contributed by atoms with Gasteiger partial charge in [0.2, 0.25) is 0 Å². The van der Waals surface area contributed by atoms with Crippen LogP contribution in [0.15, 0.2) is 12.2 Å². The van der Waals surface area contributed by atoms with Crippen LogP contribution in [0.25, 0.3) is 0 Å². The van der Waals surface area contributed by atoms with Gasteiger partial charge in [-0.3, -0.25) is 4.79 Å². The third-order valence-electron chi connectivity index (χ3n) is 2.71. The van der Waals surface area contributed by atoms with Gasteiger partial charge in [0.05, 0.1) is 5.92 Å². The van der Waals surface area contributed by atoms with Crippen molar-refractivity contribution in [3.05, 3.63) is 12.2 Å². The molecule has 0 bridgehead atoms. The maximum absolute atomic E-state index is 13.3. The number of carbonyl (C=O) groups excluding carboxylic acids is 2. The average Bonchev–Trinajstić information content (AvgIpc) is 2.54. The molecule has 188 valence electrons. The summed E-state index contributed by atoms with van der Waals surface area (Å²) in [4.78, 5) is 21.9. The lowest BCUT2D eigenvalue weighted by Crippen LogP contribution is -2.54. The van der Waals surface area contributed by atoms with Crippen LogP contribution in [0.1, 0.15) is 20.8 Å². The molecule has 0 aromatic rings. The fourth-order valence-corrected chi connectivity index (χ4v) is 1.30. The quantitative estimate of drug-likeness (QED) is 0.162. The summed E-state index contributed by atoms with van der Waals surface area (Å²) in [6.45, 7) is 1.54. The summed E-state index contributed by atoms with van der Waals surface area (Å²) < 4.78 is 147. The van der Waals surface area contributed by atoms with E-state index in [1.807, 2.05) is 0 Å². The lowest BCUT2D eigenvalue weighted by molar-refractivity contribution is -0.566. The molecule has 32 heavy (non-hydrogen) atoms. The second-order valence-corrected chi connectivity index (χ2v) is 6.20. The van der Waals surface area contributed by atoms with E-state index in [1.165, 1.54) is 0 Å². The Morgan fingerprint density at radius 2 is 1.16 bits per heavy atom. The fourth-order valence-electron chi connectivity index (χ4n) is 1.30. The summed E-state index contributed by atoms with van der Waals surface area (Å²) in [5.41, 5.74) is -0.502. The first-order chi connectivity index (χ1) is 14.0. The number of esters is 2. The van der Waals surface area contributed by atoms with Gasteiger partial charge in [0, 0.05) is 5.57 Å². The molecule has 0 rings (SSSR count). The van der Waals surface area contributed by atoms with Crippen molar-refractivity contribution in [1.82, 2.24) is 0 Å². The minimum absolute atomic E-state index is 0.502. The molecule has 0 spiro atoms. The third-order valence-corrected chi connectivity index (χ3v) is 2.71. The standard InChI is InChI=1S/C15H16F10O7/c1-7(2)9(26)28-5-11(16,17)30-13(20,21)14(22,23)32-15(24,25)31-12(18,19)6-29-10(27)8(3)4/h8H,1,5-6H2,2-4H3. The number of halogens is 10. The Kier molecular flexibility index (Phi) is 9.52. The monoisotopic (exact) mass is 498 g/mol.